The second-order valence-corrected chi connectivity index (χ2v) is 7.23. The van der Waals surface area contributed by atoms with Crippen LogP contribution in [0.2, 0.25) is 0 Å². The summed E-state index contributed by atoms with van der Waals surface area (Å²) in [7, 11) is 3.92. The predicted octanol–water partition coefficient (Wildman–Crippen LogP) is 2.48. The van der Waals surface area contributed by atoms with Gasteiger partial charge in [-0.25, -0.2) is 0 Å². The van der Waals surface area contributed by atoms with Gasteiger partial charge in [0, 0.05) is 12.4 Å². The summed E-state index contributed by atoms with van der Waals surface area (Å²) in [6.45, 7) is 3.37. The zero-order valence-corrected chi connectivity index (χ0v) is 15.0. The SMILES string of the molecule is CCCCCCCCCCCC(O)C[N+](C)(C)CCC(=O)[O-]. The molecule has 0 radical (unpaired) electrons. The summed E-state index contributed by atoms with van der Waals surface area (Å²) in [4.78, 5) is 10.5. The van der Waals surface area contributed by atoms with Gasteiger partial charge in [0.1, 0.15) is 12.6 Å². The Morgan fingerprint density at radius 3 is 2.00 bits per heavy atom. The average Bonchev–Trinajstić information content (AvgIpc) is 2.43. The fourth-order valence-corrected chi connectivity index (χ4v) is 2.84. The number of hydrogen-bond donors (Lipinski definition) is 1. The molecule has 0 bridgehead atoms. The molecule has 0 spiro atoms. The third kappa shape index (κ3) is 14.3. The van der Waals surface area contributed by atoms with Crippen LogP contribution in [0.3, 0.4) is 0 Å². The first-order valence-electron chi connectivity index (χ1n) is 9.07. The van der Waals surface area contributed by atoms with Gasteiger partial charge >= 0.3 is 0 Å². The highest BCUT2D eigenvalue weighted by Gasteiger charge is 2.19. The van der Waals surface area contributed by atoms with Gasteiger partial charge < -0.3 is 19.5 Å². The van der Waals surface area contributed by atoms with Gasteiger partial charge in [-0.2, -0.15) is 0 Å². The summed E-state index contributed by atoms with van der Waals surface area (Å²) in [5.41, 5.74) is 0. The molecule has 0 aliphatic carbocycles. The first-order chi connectivity index (χ1) is 10.4. The minimum absolute atomic E-state index is 0.0533. The van der Waals surface area contributed by atoms with Gasteiger partial charge in [0.15, 0.2) is 0 Å². The Bertz CT molecular complexity index is 280. The molecule has 4 heteroatoms. The van der Waals surface area contributed by atoms with Gasteiger partial charge in [-0.15, -0.1) is 0 Å². The number of nitrogens with zero attached hydrogens (tertiary/aromatic N) is 1. The van der Waals surface area contributed by atoms with E-state index in [1.165, 1.54) is 51.4 Å². The van der Waals surface area contributed by atoms with Crippen molar-refractivity contribution in [3.8, 4) is 0 Å². The van der Waals surface area contributed by atoms with E-state index in [2.05, 4.69) is 6.92 Å². The molecular formula is C18H37NO3. The normalized spacial score (nSPS) is 13.3. The molecule has 0 aromatic carbocycles. The van der Waals surface area contributed by atoms with Gasteiger partial charge in [-0.05, 0) is 6.42 Å². The zero-order chi connectivity index (χ0) is 16.8. The topological polar surface area (TPSA) is 60.4 Å². The van der Waals surface area contributed by atoms with Crippen LogP contribution in [0, 0.1) is 0 Å². The van der Waals surface area contributed by atoms with E-state index < -0.39 is 5.97 Å². The number of likely N-dealkylation sites (N-methyl/N-ethyl adjacent to an activating group) is 1. The molecule has 0 saturated heterocycles. The molecule has 0 fully saturated rings. The molecule has 132 valence electrons. The summed E-state index contributed by atoms with van der Waals surface area (Å²) < 4.78 is 0.534. The summed E-state index contributed by atoms with van der Waals surface area (Å²) in [6, 6.07) is 0. The van der Waals surface area contributed by atoms with E-state index in [0.717, 1.165) is 12.8 Å². The van der Waals surface area contributed by atoms with E-state index in [0.29, 0.717) is 17.6 Å². The molecule has 0 aliphatic rings. The fraction of sp³-hybridized carbons (Fsp3) is 0.944. The minimum atomic E-state index is -1.01. The second-order valence-electron chi connectivity index (χ2n) is 7.23. The van der Waals surface area contributed by atoms with Crippen LogP contribution in [0.4, 0.5) is 0 Å². The molecular weight excluding hydrogens is 278 g/mol. The van der Waals surface area contributed by atoms with Crippen molar-refractivity contribution in [1.29, 1.82) is 0 Å². The summed E-state index contributed by atoms with van der Waals surface area (Å²) in [5, 5.41) is 20.6. The van der Waals surface area contributed by atoms with Crippen LogP contribution < -0.4 is 5.11 Å². The van der Waals surface area contributed by atoms with E-state index >= 15 is 0 Å². The fourth-order valence-electron chi connectivity index (χ4n) is 2.84. The van der Waals surface area contributed by atoms with Gasteiger partial charge in [-0.1, -0.05) is 64.7 Å². The van der Waals surface area contributed by atoms with Crippen molar-refractivity contribution in [1.82, 2.24) is 0 Å². The molecule has 1 unspecified atom stereocenters. The Balaban J connectivity index is 3.52. The van der Waals surface area contributed by atoms with Crippen molar-refractivity contribution >= 4 is 5.97 Å². The van der Waals surface area contributed by atoms with Crippen LogP contribution in [-0.4, -0.2) is 48.8 Å². The largest absolute Gasteiger partial charge is 0.550 e. The maximum absolute atomic E-state index is 10.5. The summed E-state index contributed by atoms with van der Waals surface area (Å²) >= 11 is 0. The lowest BCUT2D eigenvalue weighted by Crippen LogP contribution is -2.47. The third-order valence-corrected chi connectivity index (χ3v) is 4.27. The van der Waals surface area contributed by atoms with Crippen LogP contribution >= 0.6 is 0 Å². The standard InChI is InChI=1S/C18H37NO3/c1-4-5-6-7-8-9-10-11-12-13-17(20)16-19(2,3)15-14-18(21)22/h17,20H,4-16H2,1-3H3. The number of unbranched alkanes of at least 4 members (excludes halogenated alkanes) is 8. The Labute approximate surface area is 137 Å². The lowest BCUT2D eigenvalue weighted by atomic mass is 10.0. The zero-order valence-electron chi connectivity index (χ0n) is 15.0. The molecule has 0 aromatic rings. The molecule has 1 atom stereocenters. The molecule has 0 heterocycles. The van der Waals surface area contributed by atoms with Crippen molar-refractivity contribution in [2.75, 3.05) is 27.2 Å². The molecule has 1 N–H and O–H groups in total. The highest BCUT2D eigenvalue weighted by molar-refractivity contribution is 5.64. The van der Waals surface area contributed by atoms with Gasteiger partial charge in [-0.3, -0.25) is 0 Å². The first-order valence-corrected chi connectivity index (χ1v) is 9.07. The lowest BCUT2D eigenvalue weighted by Gasteiger charge is -2.32. The van der Waals surface area contributed by atoms with Crippen molar-refractivity contribution in [3.05, 3.63) is 0 Å². The predicted molar refractivity (Wildman–Crippen MR) is 89.3 cm³/mol. The van der Waals surface area contributed by atoms with E-state index in [-0.39, 0.29) is 12.5 Å². The molecule has 0 amide bonds. The molecule has 22 heavy (non-hydrogen) atoms. The third-order valence-electron chi connectivity index (χ3n) is 4.27. The number of aliphatic carboxylic acids is 1. The number of hydrogen-bond acceptors (Lipinski definition) is 3. The quantitative estimate of drug-likeness (QED) is 0.373. The Morgan fingerprint density at radius 1 is 1.00 bits per heavy atom. The highest BCUT2D eigenvalue weighted by atomic mass is 16.4. The van der Waals surface area contributed by atoms with Crippen LogP contribution in [0.25, 0.3) is 0 Å². The number of carbonyl (C=O) groups excluding carboxylic acids is 1. The molecule has 0 saturated carbocycles. The van der Waals surface area contributed by atoms with E-state index in [1.807, 2.05) is 14.1 Å². The van der Waals surface area contributed by atoms with Crippen molar-refractivity contribution in [3.63, 3.8) is 0 Å². The van der Waals surface area contributed by atoms with E-state index in [4.69, 9.17) is 0 Å². The number of carboxylic acid groups (broad SMARTS) is 1. The highest BCUT2D eigenvalue weighted by Crippen LogP contribution is 2.12. The number of aliphatic hydroxyl groups is 1. The van der Waals surface area contributed by atoms with E-state index in [9.17, 15) is 15.0 Å². The second kappa shape index (κ2) is 12.9. The molecule has 4 nitrogen and oxygen atoms in total. The molecule has 0 rings (SSSR count). The van der Waals surface area contributed by atoms with Crippen molar-refractivity contribution in [2.45, 2.75) is 83.7 Å². The lowest BCUT2D eigenvalue weighted by molar-refractivity contribution is -0.893. The first kappa shape index (κ1) is 21.4. The van der Waals surface area contributed by atoms with Crippen LogP contribution in [0.5, 0.6) is 0 Å². The van der Waals surface area contributed by atoms with Crippen LogP contribution in [-0.2, 0) is 4.79 Å². The van der Waals surface area contributed by atoms with E-state index in [1.54, 1.807) is 0 Å². The van der Waals surface area contributed by atoms with Gasteiger partial charge in [0.2, 0.25) is 0 Å². The number of carboxylic acids is 1. The Kier molecular flexibility index (Phi) is 12.5. The maximum Gasteiger partial charge on any atom is 0.105 e. The summed E-state index contributed by atoms with van der Waals surface area (Å²) in [6.07, 6.45) is 12.1. The van der Waals surface area contributed by atoms with Crippen molar-refractivity contribution in [2.24, 2.45) is 0 Å². The molecule has 0 aliphatic heterocycles. The number of quaternary nitrogens is 1. The number of aliphatic hydroxyl groups excluding tert-OH is 1. The van der Waals surface area contributed by atoms with Crippen LogP contribution in [0.15, 0.2) is 0 Å². The smallest absolute Gasteiger partial charge is 0.105 e. The summed E-state index contributed by atoms with van der Waals surface area (Å²) in [5.74, 6) is -1.01. The average molecular weight is 315 g/mol. The number of rotatable bonds is 15. The monoisotopic (exact) mass is 315 g/mol. The van der Waals surface area contributed by atoms with Gasteiger partial charge in [0.25, 0.3) is 0 Å². The van der Waals surface area contributed by atoms with Crippen LogP contribution in [0.1, 0.15) is 77.6 Å². The molecule has 0 aromatic heterocycles. The Morgan fingerprint density at radius 2 is 1.50 bits per heavy atom. The van der Waals surface area contributed by atoms with Crippen molar-refractivity contribution < 1.29 is 19.5 Å². The minimum Gasteiger partial charge on any atom is -0.550 e. The maximum atomic E-state index is 10.5. The Hall–Kier alpha value is -0.610. The van der Waals surface area contributed by atoms with Gasteiger partial charge in [0.05, 0.1) is 20.6 Å². The number of carbonyl (C=O) groups is 1.